The van der Waals surface area contributed by atoms with Crippen LogP contribution in [0.4, 0.5) is 0 Å². The summed E-state index contributed by atoms with van der Waals surface area (Å²) >= 11 is -2.00. The van der Waals surface area contributed by atoms with Crippen molar-refractivity contribution in [3.8, 4) is 0 Å². The van der Waals surface area contributed by atoms with Crippen LogP contribution in [0.15, 0.2) is 0 Å². The van der Waals surface area contributed by atoms with E-state index in [2.05, 4.69) is 0 Å². The molecule has 0 fully saturated rings. The fourth-order valence-corrected chi connectivity index (χ4v) is 0. The predicted molar refractivity (Wildman–Crippen MR) is 1.37 cm³/mol. The van der Waals surface area contributed by atoms with Crippen LogP contribution in [0.5, 0.6) is 0 Å². The SMILES string of the molecule is [Cu].[O]=[Ti]=[O]. The van der Waals surface area contributed by atoms with Crippen LogP contribution < -0.4 is 0 Å². The summed E-state index contributed by atoms with van der Waals surface area (Å²) in [5, 5.41) is 0. The molecule has 0 saturated heterocycles. The fourth-order valence-electron chi connectivity index (χ4n) is 0. The second-order valence-electron chi connectivity index (χ2n) is 0.0833. The molecule has 4 heteroatoms. The van der Waals surface area contributed by atoms with Crippen LogP contribution in [0.1, 0.15) is 0 Å². The molecule has 4 heavy (non-hydrogen) atoms. The van der Waals surface area contributed by atoms with Gasteiger partial charge >= 0.3 is 25.7 Å². The summed E-state index contributed by atoms with van der Waals surface area (Å²) < 4.78 is 17.0. The Morgan fingerprint density at radius 1 is 1.25 bits per heavy atom. The Balaban J connectivity index is 0. The maximum atomic E-state index is 8.50. The van der Waals surface area contributed by atoms with Crippen LogP contribution in [0.2, 0.25) is 0 Å². The summed E-state index contributed by atoms with van der Waals surface area (Å²) in [6.07, 6.45) is 0. The van der Waals surface area contributed by atoms with E-state index in [1.54, 1.807) is 0 Å². The van der Waals surface area contributed by atoms with Crippen molar-refractivity contribution in [3.05, 3.63) is 0 Å². The molecule has 0 N–H and O–H groups in total. The van der Waals surface area contributed by atoms with Gasteiger partial charge in [-0.1, -0.05) is 0 Å². The van der Waals surface area contributed by atoms with Gasteiger partial charge < -0.3 is 0 Å². The molecule has 0 bridgehead atoms. The summed E-state index contributed by atoms with van der Waals surface area (Å²) in [5.41, 5.74) is 0. The average Bonchev–Trinajstić information content (AvgIpc) is 0.918. The molecular formula is CuO2Ti. The Morgan fingerprint density at radius 2 is 1.25 bits per heavy atom. The normalized spacial score (nSPS) is 2.00. The van der Waals surface area contributed by atoms with Gasteiger partial charge in [-0.25, -0.2) is 0 Å². The van der Waals surface area contributed by atoms with E-state index < -0.39 is 19.1 Å². The van der Waals surface area contributed by atoms with E-state index in [4.69, 9.17) is 6.65 Å². The Morgan fingerprint density at radius 3 is 1.25 bits per heavy atom. The summed E-state index contributed by atoms with van der Waals surface area (Å²) in [6.45, 7) is 0. The van der Waals surface area contributed by atoms with Gasteiger partial charge in [-0.15, -0.1) is 0 Å². The van der Waals surface area contributed by atoms with Crippen molar-refractivity contribution in [2.24, 2.45) is 0 Å². The molecule has 0 aliphatic heterocycles. The number of hydrogen-bond acceptors (Lipinski definition) is 2. The molecular weight excluding hydrogens is 143 g/mol. The van der Waals surface area contributed by atoms with Crippen LogP contribution in [0, 0.1) is 0 Å². The molecule has 0 spiro atoms. The first kappa shape index (κ1) is 8.85. The monoisotopic (exact) mass is 143 g/mol. The predicted octanol–water partition coefficient (Wildman–Crippen LogP) is -0.243. The van der Waals surface area contributed by atoms with E-state index in [9.17, 15) is 0 Å². The van der Waals surface area contributed by atoms with Crippen LogP contribution >= 0.6 is 0 Å². The van der Waals surface area contributed by atoms with E-state index in [0.29, 0.717) is 0 Å². The Hall–Kier alpha value is 0.834. The summed E-state index contributed by atoms with van der Waals surface area (Å²) in [7, 11) is 0. The number of hydrogen-bond donors (Lipinski definition) is 0. The molecule has 0 aliphatic carbocycles. The molecule has 0 aliphatic rings. The molecule has 0 heterocycles. The van der Waals surface area contributed by atoms with Crippen LogP contribution in [-0.2, 0) is 42.8 Å². The van der Waals surface area contributed by atoms with Crippen molar-refractivity contribution in [2.45, 2.75) is 0 Å². The zero-order chi connectivity index (χ0) is 2.71. The third kappa shape index (κ3) is 13.7. The minimum absolute atomic E-state index is 0. The molecule has 1 radical (unpaired) electrons. The van der Waals surface area contributed by atoms with E-state index >= 15 is 0 Å². The van der Waals surface area contributed by atoms with Gasteiger partial charge in [0.15, 0.2) is 0 Å². The van der Waals surface area contributed by atoms with Crippen molar-refractivity contribution in [1.29, 1.82) is 0 Å². The van der Waals surface area contributed by atoms with Gasteiger partial charge in [0.05, 0.1) is 0 Å². The molecule has 0 amide bonds. The summed E-state index contributed by atoms with van der Waals surface area (Å²) in [4.78, 5) is 0. The quantitative estimate of drug-likeness (QED) is 0.439. The van der Waals surface area contributed by atoms with Gasteiger partial charge in [-0.3, -0.25) is 0 Å². The molecule has 0 aromatic heterocycles. The third-order valence-corrected chi connectivity index (χ3v) is 0. The van der Waals surface area contributed by atoms with Gasteiger partial charge in [0, 0.05) is 17.1 Å². The van der Waals surface area contributed by atoms with Crippen molar-refractivity contribution in [2.75, 3.05) is 0 Å². The van der Waals surface area contributed by atoms with Crippen molar-refractivity contribution in [1.82, 2.24) is 0 Å². The molecule has 2 nitrogen and oxygen atoms in total. The topological polar surface area (TPSA) is 34.1 Å². The molecule has 27 valence electrons. The molecule has 0 rings (SSSR count). The van der Waals surface area contributed by atoms with Crippen LogP contribution in [0.25, 0.3) is 0 Å². The van der Waals surface area contributed by atoms with Gasteiger partial charge in [0.2, 0.25) is 0 Å². The van der Waals surface area contributed by atoms with Crippen molar-refractivity contribution in [3.63, 3.8) is 0 Å². The Labute approximate surface area is 43.0 Å². The number of rotatable bonds is 0. The summed E-state index contributed by atoms with van der Waals surface area (Å²) in [5.74, 6) is 0. The second kappa shape index (κ2) is 9.16. The Bertz CT molecular complexity index is 27.0. The standard InChI is InChI=1S/Cu.2O.Ti. The maximum absolute atomic E-state index is 8.50. The van der Waals surface area contributed by atoms with Crippen LogP contribution in [0.3, 0.4) is 0 Å². The average molecular weight is 143 g/mol. The van der Waals surface area contributed by atoms with E-state index in [1.807, 2.05) is 0 Å². The molecule has 0 saturated carbocycles. The van der Waals surface area contributed by atoms with Crippen molar-refractivity contribution >= 4 is 0 Å². The summed E-state index contributed by atoms with van der Waals surface area (Å²) in [6, 6.07) is 0. The Kier molecular flexibility index (Phi) is 20.2. The van der Waals surface area contributed by atoms with E-state index in [0.717, 1.165) is 0 Å². The van der Waals surface area contributed by atoms with E-state index in [-0.39, 0.29) is 17.1 Å². The van der Waals surface area contributed by atoms with Gasteiger partial charge in [0.25, 0.3) is 0 Å². The van der Waals surface area contributed by atoms with Gasteiger partial charge in [0.1, 0.15) is 0 Å². The zero-order valence-corrected chi connectivity index (χ0v) is 4.12. The molecule has 0 aromatic carbocycles. The van der Waals surface area contributed by atoms with Crippen LogP contribution in [-0.4, -0.2) is 0 Å². The first-order chi connectivity index (χ1) is 1.41. The zero-order valence-electron chi connectivity index (χ0n) is 1.62. The minimum atomic E-state index is -2.00. The van der Waals surface area contributed by atoms with Crippen molar-refractivity contribution < 1.29 is 42.8 Å². The fraction of sp³-hybridized carbons (Fsp3) is 0. The first-order valence-electron chi connectivity index (χ1n) is 0.408. The first-order valence-corrected chi connectivity index (χ1v) is 1.68. The third-order valence-electron chi connectivity index (χ3n) is 0. The molecule has 0 atom stereocenters. The molecule has 0 unspecified atom stereocenters. The van der Waals surface area contributed by atoms with Gasteiger partial charge in [-0.2, -0.15) is 0 Å². The van der Waals surface area contributed by atoms with E-state index in [1.165, 1.54) is 0 Å². The van der Waals surface area contributed by atoms with Gasteiger partial charge in [-0.05, 0) is 0 Å². The molecule has 0 aromatic rings. The second-order valence-corrected chi connectivity index (χ2v) is 0.344.